The predicted octanol–water partition coefficient (Wildman–Crippen LogP) is 2.88. The Morgan fingerprint density at radius 1 is 1.12 bits per heavy atom. The Bertz CT molecular complexity index is 629. The number of ether oxygens (including phenoxy) is 1. The number of hydrogen-bond donors (Lipinski definition) is 1. The molecule has 1 saturated carbocycles. The van der Waals surface area contributed by atoms with Gasteiger partial charge in [0.25, 0.3) is 0 Å². The number of nitrogens with zero attached hydrogens (tertiary/aromatic N) is 1. The SMILES string of the molecule is CC1(C)CN(C(=O)Cc2ccc(C(=O)O)cc2)CC2(CCCC2)O1. The van der Waals surface area contributed by atoms with Crippen molar-refractivity contribution in [1.29, 1.82) is 0 Å². The number of morpholine rings is 1. The highest BCUT2D eigenvalue weighted by atomic mass is 16.5. The highest BCUT2D eigenvalue weighted by Gasteiger charge is 2.46. The van der Waals surface area contributed by atoms with E-state index in [0.29, 0.717) is 19.5 Å². The molecule has 3 rings (SSSR count). The van der Waals surface area contributed by atoms with Crippen LogP contribution in [-0.2, 0) is 16.0 Å². The third-order valence-electron chi connectivity index (χ3n) is 4.97. The molecule has 0 aromatic heterocycles. The van der Waals surface area contributed by atoms with Crippen LogP contribution in [0, 0.1) is 0 Å². The summed E-state index contributed by atoms with van der Waals surface area (Å²) >= 11 is 0. The molecule has 1 spiro atoms. The molecule has 130 valence electrons. The number of carboxylic acids is 1. The molecule has 1 heterocycles. The first-order chi connectivity index (χ1) is 11.3. The summed E-state index contributed by atoms with van der Waals surface area (Å²) in [4.78, 5) is 25.6. The summed E-state index contributed by atoms with van der Waals surface area (Å²) in [7, 11) is 0. The summed E-state index contributed by atoms with van der Waals surface area (Å²) in [6, 6.07) is 6.54. The molecule has 0 radical (unpaired) electrons. The molecule has 0 unspecified atom stereocenters. The van der Waals surface area contributed by atoms with Crippen molar-refractivity contribution in [3.8, 4) is 0 Å². The molecule has 1 N–H and O–H groups in total. The summed E-state index contributed by atoms with van der Waals surface area (Å²) < 4.78 is 6.34. The summed E-state index contributed by atoms with van der Waals surface area (Å²) in [5, 5.41) is 8.95. The summed E-state index contributed by atoms with van der Waals surface area (Å²) in [5.74, 6) is -0.869. The number of aromatic carboxylic acids is 1. The minimum Gasteiger partial charge on any atom is -0.478 e. The molecule has 1 saturated heterocycles. The van der Waals surface area contributed by atoms with Crippen LogP contribution in [0.4, 0.5) is 0 Å². The number of carbonyl (C=O) groups excluding carboxylic acids is 1. The summed E-state index contributed by atoms with van der Waals surface area (Å²) in [6.45, 7) is 5.37. The van der Waals surface area contributed by atoms with Crippen LogP contribution < -0.4 is 0 Å². The minimum absolute atomic E-state index is 0.0840. The van der Waals surface area contributed by atoms with Crippen LogP contribution in [-0.4, -0.2) is 46.2 Å². The van der Waals surface area contributed by atoms with Crippen molar-refractivity contribution in [1.82, 2.24) is 4.90 Å². The number of carbonyl (C=O) groups is 2. The number of hydrogen-bond acceptors (Lipinski definition) is 3. The topological polar surface area (TPSA) is 66.8 Å². The van der Waals surface area contributed by atoms with E-state index in [1.54, 1.807) is 24.3 Å². The third kappa shape index (κ3) is 3.61. The van der Waals surface area contributed by atoms with E-state index in [9.17, 15) is 9.59 Å². The molecule has 1 aromatic rings. The molecular formula is C19H25NO4. The lowest BCUT2D eigenvalue weighted by Gasteiger charge is -2.48. The standard InChI is InChI=1S/C19H25NO4/c1-18(2)12-20(13-19(24-18)9-3-4-10-19)16(21)11-14-5-7-15(8-6-14)17(22)23/h5-8H,3-4,9-13H2,1-2H3,(H,22,23). The highest BCUT2D eigenvalue weighted by molar-refractivity contribution is 5.87. The van der Waals surface area contributed by atoms with Crippen molar-refractivity contribution in [2.75, 3.05) is 13.1 Å². The Balaban J connectivity index is 1.70. The van der Waals surface area contributed by atoms with Crippen LogP contribution in [0.5, 0.6) is 0 Å². The minimum atomic E-state index is -0.953. The van der Waals surface area contributed by atoms with Gasteiger partial charge in [0.05, 0.1) is 23.2 Å². The highest BCUT2D eigenvalue weighted by Crippen LogP contribution is 2.40. The van der Waals surface area contributed by atoms with E-state index in [2.05, 4.69) is 0 Å². The molecule has 2 fully saturated rings. The fourth-order valence-electron chi connectivity index (χ4n) is 4.02. The molecule has 24 heavy (non-hydrogen) atoms. The lowest BCUT2D eigenvalue weighted by atomic mass is 9.93. The van der Waals surface area contributed by atoms with Crippen molar-refractivity contribution in [3.63, 3.8) is 0 Å². The van der Waals surface area contributed by atoms with Gasteiger partial charge in [0.2, 0.25) is 5.91 Å². The number of benzene rings is 1. The van der Waals surface area contributed by atoms with E-state index < -0.39 is 5.97 Å². The fraction of sp³-hybridized carbons (Fsp3) is 0.579. The molecule has 1 amide bonds. The molecule has 1 aliphatic carbocycles. The molecule has 5 heteroatoms. The van der Waals surface area contributed by atoms with Crippen molar-refractivity contribution >= 4 is 11.9 Å². The first-order valence-electron chi connectivity index (χ1n) is 8.59. The molecule has 1 aromatic carbocycles. The van der Waals surface area contributed by atoms with Gasteiger partial charge in [-0.2, -0.15) is 0 Å². The van der Waals surface area contributed by atoms with Gasteiger partial charge >= 0.3 is 5.97 Å². The Labute approximate surface area is 142 Å². The van der Waals surface area contributed by atoms with Gasteiger partial charge in [-0.1, -0.05) is 25.0 Å². The largest absolute Gasteiger partial charge is 0.478 e. The van der Waals surface area contributed by atoms with Crippen LogP contribution >= 0.6 is 0 Å². The van der Waals surface area contributed by atoms with Gasteiger partial charge < -0.3 is 14.7 Å². The van der Waals surface area contributed by atoms with E-state index in [1.807, 2.05) is 18.7 Å². The molecule has 2 aliphatic rings. The van der Waals surface area contributed by atoms with Crippen LogP contribution in [0.3, 0.4) is 0 Å². The predicted molar refractivity (Wildman–Crippen MR) is 90.0 cm³/mol. The van der Waals surface area contributed by atoms with Crippen LogP contribution in [0.25, 0.3) is 0 Å². The van der Waals surface area contributed by atoms with Crippen molar-refractivity contribution in [2.45, 2.75) is 57.2 Å². The molecule has 1 aliphatic heterocycles. The fourth-order valence-corrected chi connectivity index (χ4v) is 4.02. The lowest BCUT2D eigenvalue weighted by Crippen LogP contribution is -2.60. The second-order valence-electron chi connectivity index (χ2n) is 7.68. The quantitative estimate of drug-likeness (QED) is 0.925. The maximum absolute atomic E-state index is 12.8. The maximum Gasteiger partial charge on any atom is 0.335 e. The molecule has 0 atom stereocenters. The first-order valence-corrected chi connectivity index (χ1v) is 8.59. The zero-order valence-electron chi connectivity index (χ0n) is 14.4. The van der Waals surface area contributed by atoms with Gasteiger partial charge in [-0.15, -0.1) is 0 Å². The zero-order valence-corrected chi connectivity index (χ0v) is 14.4. The van der Waals surface area contributed by atoms with E-state index in [0.717, 1.165) is 31.2 Å². The number of rotatable bonds is 3. The Hall–Kier alpha value is -1.88. The maximum atomic E-state index is 12.8. The normalized spacial score (nSPS) is 21.8. The second-order valence-corrected chi connectivity index (χ2v) is 7.68. The molecule has 5 nitrogen and oxygen atoms in total. The molecular weight excluding hydrogens is 306 g/mol. The van der Waals surface area contributed by atoms with Gasteiger partial charge in [-0.05, 0) is 44.4 Å². The monoisotopic (exact) mass is 331 g/mol. The zero-order chi connectivity index (χ0) is 17.4. The van der Waals surface area contributed by atoms with Crippen LogP contribution in [0.15, 0.2) is 24.3 Å². The van der Waals surface area contributed by atoms with Crippen LogP contribution in [0.1, 0.15) is 55.5 Å². The van der Waals surface area contributed by atoms with E-state index in [1.165, 1.54) is 0 Å². The van der Waals surface area contributed by atoms with Gasteiger partial charge in [0.1, 0.15) is 0 Å². The van der Waals surface area contributed by atoms with Crippen LogP contribution in [0.2, 0.25) is 0 Å². The van der Waals surface area contributed by atoms with Gasteiger partial charge in [-0.25, -0.2) is 4.79 Å². The average molecular weight is 331 g/mol. The Kier molecular flexibility index (Phi) is 4.38. The Morgan fingerprint density at radius 3 is 2.33 bits per heavy atom. The summed E-state index contributed by atoms with van der Waals surface area (Å²) in [6.07, 6.45) is 4.66. The summed E-state index contributed by atoms with van der Waals surface area (Å²) in [5.41, 5.74) is 0.578. The van der Waals surface area contributed by atoms with E-state index in [-0.39, 0.29) is 22.7 Å². The average Bonchev–Trinajstić information content (AvgIpc) is 2.93. The van der Waals surface area contributed by atoms with E-state index in [4.69, 9.17) is 9.84 Å². The second kappa shape index (κ2) is 6.20. The third-order valence-corrected chi connectivity index (χ3v) is 4.97. The lowest BCUT2D eigenvalue weighted by molar-refractivity contribution is -0.198. The van der Waals surface area contributed by atoms with Crippen molar-refractivity contribution in [2.24, 2.45) is 0 Å². The van der Waals surface area contributed by atoms with Gasteiger partial charge in [0.15, 0.2) is 0 Å². The van der Waals surface area contributed by atoms with E-state index >= 15 is 0 Å². The first kappa shape index (κ1) is 17.0. The number of carboxylic acid groups (broad SMARTS) is 1. The molecule has 0 bridgehead atoms. The van der Waals surface area contributed by atoms with Gasteiger partial charge in [0, 0.05) is 13.1 Å². The van der Waals surface area contributed by atoms with Gasteiger partial charge in [-0.3, -0.25) is 4.79 Å². The van der Waals surface area contributed by atoms with Crippen molar-refractivity contribution < 1.29 is 19.4 Å². The Morgan fingerprint density at radius 2 is 1.75 bits per heavy atom. The smallest absolute Gasteiger partial charge is 0.335 e. The van der Waals surface area contributed by atoms with Crippen molar-refractivity contribution in [3.05, 3.63) is 35.4 Å². The number of amides is 1.